The molecule has 1 aliphatic carbocycles. The van der Waals surface area contributed by atoms with E-state index < -0.39 is 0 Å². The minimum Gasteiger partial charge on any atom is -0.383 e. The molecule has 0 radical (unpaired) electrons. The van der Waals surface area contributed by atoms with Crippen molar-refractivity contribution in [2.24, 2.45) is 5.92 Å². The zero-order valence-corrected chi connectivity index (χ0v) is 25.3. The van der Waals surface area contributed by atoms with Gasteiger partial charge in [0.2, 0.25) is 5.95 Å². The summed E-state index contributed by atoms with van der Waals surface area (Å²) in [5.74, 6) is 1.54. The second-order valence-corrected chi connectivity index (χ2v) is 11.4. The molecule has 0 aliphatic heterocycles. The molecule has 204 valence electrons. The van der Waals surface area contributed by atoms with Crippen molar-refractivity contribution in [3.05, 3.63) is 92.7 Å². The highest BCUT2D eigenvalue weighted by Gasteiger charge is 2.18. The molecule has 0 amide bonds. The fourth-order valence-corrected chi connectivity index (χ4v) is 5.70. The number of hydrogen-bond donors (Lipinski definition) is 2. The average Bonchev–Trinajstić information content (AvgIpc) is 2.88. The number of halogens is 1. The van der Waals surface area contributed by atoms with Gasteiger partial charge < -0.3 is 11.1 Å². The molecule has 1 aromatic heterocycles. The largest absolute Gasteiger partial charge is 0.383 e. The Bertz CT molecular complexity index is 1520. The fourth-order valence-electron chi connectivity index (χ4n) is 5.49. The maximum Gasteiger partial charge on any atom is 0.229 e. The molecule has 4 nitrogen and oxygen atoms in total. The fraction of sp³-hybridized carbons (Fsp3) is 0.353. The third-order valence-electron chi connectivity index (χ3n) is 7.88. The second kappa shape index (κ2) is 11.8. The highest BCUT2D eigenvalue weighted by molar-refractivity contribution is 6.32. The Morgan fingerprint density at radius 1 is 1.05 bits per heavy atom. The number of aromatic nitrogens is 2. The predicted octanol–water partition coefficient (Wildman–Crippen LogP) is 9.84. The lowest BCUT2D eigenvalue weighted by molar-refractivity contribution is 0.841. The minimum absolute atomic E-state index is 0.312. The van der Waals surface area contributed by atoms with Crippen LogP contribution in [0.4, 0.5) is 11.8 Å². The van der Waals surface area contributed by atoms with E-state index in [1.807, 2.05) is 12.1 Å². The number of allylic oxidation sites excluding steroid dienone is 7. The van der Waals surface area contributed by atoms with E-state index >= 15 is 0 Å². The Balaban J connectivity index is 1.79. The van der Waals surface area contributed by atoms with Crippen molar-refractivity contribution in [3.63, 3.8) is 0 Å². The summed E-state index contributed by atoms with van der Waals surface area (Å²) in [6.45, 7) is 17.6. The van der Waals surface area contributed by atoms with Gasteiger partial charge in [0, 0.05) is 27.6 Å². The average molecular weight is 541 g/mol. The summed E-state index contributed by atoms with van der Waals surface area (Å²) in [5.41, 5.74) is 18.2. The number of nitrogens with zero attached hydrogens (tertiary/aromatic N) is 2. The van der Waals surface area contributed by atoms with E-state index in [2.05, 4.69) is 102 Å². The number of aryl methyl sites for hydroxylation is 2. The third-order valence-corrected chi connectivity index (χ3v) is 8.10. The summed E-state index contributed by atoms with van der Waals surface area (Å²) < 4.78 is 0. The Morgan fingerprint density at radius 3 is 2.36 bits per heavy atom. The molecule has 4 rings (SSSR count). The first-order valence-electron chi connectivity index (χ1n) is 13.9. The first kappa shape index (κ1) is 28.6. The molecule has 0 bridgehead atoms. The van der Waals surface area contributed by atoms with E-state index in [-0.39, 0.29) is 0 Å². The maximum absolute atomic E-state index is 6.61. The van der Waals surface area contributed by atoms with Crippen molar-refractivity contribution in [3.8, 4) is 11.1 Å². The zero-order valence-electron chi connectivity index (χ0n) is 24.5. The van der Waals surface area contributed by atoms with Crippen LogP contribution in [0.2, 0.25) is 5.02 Å². The van der Waals surface area contributed by atoms with Crippen LogP contribution in [0.3, 0.4) is 0 Å². The van der Waals surface area contributed by atoms with Gasteiger partial charge in [-0.25, -0.2) is 4.98 Å². The monoisotopic (exact) mass is 540 g/mol. The van der Waals surface area contributed by atoms with Crippen LogP contribution in [-0.4, -0.2) is 9.97 Å². The van der Waals surface area contributed by atoms with Gasteiger partial charge >= 0.3 is 0 Å². The molecule has 0 fully saturated rings. The lowest BCUT2D eigenvalue weighted by atomic mass is 9.88. The number of fused-ring (bicyclic) bond motifs is 1. The molecule has 1 aliphatic rings. The van der Waals surface area contributed by atoms with Crippen LogP contribution >= 0.6 is 11.6 Å². The molecule has 3 aromatic rings. The number of nitrogens with two attached hydrogens (primary N) is 1. The Kier molecular flexibility index (Phi) is 8.66. The number of benzene rings is 2. The van der Waals surface area contributed by atoms with Gasteiger partial charge in [0.1, 0.15) is 5.82 Å². The van der Waals surface area contributed by atoms with Gasteiger partial charge in [0.25, 0.3) is 0 Å². The van der Waals surface area contributed by atoms with Crippen molar-refractivity contribution >= 4 is 34.3 Å². The summed E-state index contributed by atoms with van der Waals surface area (Å²) in [6.07, 6.45) is 11.0. The summed E-state index contributed by atoms with van der Waals surface area (Å²) in [6, 6.07) is 8.41. The topological polar surface area (TPSA) is 63.8 Å². The predicted molar refractivity (Wildman–Crippen MR) is 169 cm³/mol. The number of rotatable bonds is 7. The molecule has 5 heteroatoms. The van der Waals surface area contributed by atoms with Gasteiger partial charge in [-0.3, -0.25) is 0 Å². The summed E-state index contributed by atoms with van der Waals surface area (Å²) in [4.78, 5) is 9.56. The van der Waals surface area contributed by atoms with Crippen molar-refractivity contribution < 1.29 is 0 Å². The van der Waals surface area contributed by atoms with Gasteiger partial charge in [0.05, 0.1) is 5.52 Å². The van der Waals surface area contributed by atoms with Crippen molar-refractivity contribution in [1.29, 1.82) is 0 Å². The Morgan fingerprint density at radius 2 is 1.74 bits per heavy atom. The number of nitrogen functional groups attached to an aromatic ring is 1. The van der Waals surface area contributed by atoms with E-state index in [4.69, 9.17) is 22.3 Å². The molecule has 0 spiro atoms. The van der Waals surface area contributed by atoms with Crippen LogP contribution in [-0.2, 0) is 0 Å². The molecular formula is C34H41ClN4. The zero-order chi connectivity index (χ0) is 28.4. The second-order valence-electron chi connectivity index (χ2n) is 10.9. The van der Waals surface area contributed by atoms with E-state index in [0.29, 0.717) is 28.6 Å². The standard InChI is InChI=1S/C34H41ClN4/c1-9-19(3)13-21(5)25-14-23(7)31(24(8)15-25)29-17-26(35)18-30-32(29)38-34(39-33(30)36)37-27-11-12-28(20(4)10-2)22(6)16-27/h11-18,21-22H,9-10H2,1-8H3,(H3,36,37,38,39)/b19-13+,28-20+. The van der Waals surface area contributed by atoms with Gasteiger partial charge in [0.15, 0.2) is 0 Å². The molecule has 0 saturated carbocycles. The normalized spacial score (nSPS) is 17.8. The summed E-state index contributed by atoms with van der Waals surface area (Å²) >= 11 is 6.61. The quantitative estimate of drug-likeness (QED) is 0.293. The highest BCUT2D eigenvalue weighted by Crippen LogP contribution is 2.38. The number of anilines is 2. The van der Waals surface area contributed by atoms with Crippen LogP contribution in [0.25, 0.3) is 22.0 Å². The minimum atomic E-state index is 0.312. The Hall–Kier alpha value is -3.37. The highest BCUT2D eigenvalue weighted by atomic mass is 35.5. The van der Waals surface area contributed by atoms with E-state index in [1.165, 1.54) is 33.4 Å². The van der Waals surface area contributed by atoms with Gasteiger partial charge in [-0.15, -0.1) is 0 Å². The van der Waals surface area contributed by atoms with Crippen LogP contribution in [0.15, 0.2) is 71.0 Å². The van der Waals surface area contributed by atoms with Gasteiger partial charge in [-0.05, 0) is 92.5 Å². The number of hydrogen-bond acceptors (Lipinski definition) is 4. The van der Waals surface area contributed by atoms with Crippen LogP contribution in [0.1, 0.15) is 77.0 Å². The lowest BCUT2D eigenvalue weighted by Crippen LogP contribution is -2.10. The molecule has 0 saturated heterocycles. The first-order valence-corrected chi connectivity index (χ1v) is 14.3. The molecule has 2 aromatic carbocycles. The summed E-state index contributed by atoms with van der Waals surface area (Å²) in [7, 11) is 0. The van der Waals surface area contributed by atoms with Gasteiger partial charge in [-0.2, -0.15) is 4.98 Å². The maximum atomic E-state index is 6.61. The van der Waals surface area contributed by atoms with Crippen molar-refractivity contribution in [1.82, 2.24) is 9.97 Å². The summed E-state index contributed by atoms with van der Waals surface area (Å²) in [5, 5.41) is 4.77. The SMILES string of the molecule is CC/C(C)=C1\C=CC(Nc2nc(N)c3cc(Cl)cc(-c4c(C)cc(C(C)/C=C(\C)CC)cc4C)c3n2)=CC1C. The van der Waals surface area contributed by atoms with E-state index in [0.717, 1.165) is 40.6 Å². The smallest absolute Gasteiger partial charge is 0.229 e. The molecule has 1 heterocycles. The van der Waals surface area contributed by atoms with E-state index in [1.54, 1.807) is 0 Å². The lowest BCUT2D eigenvalue weighted by Gasteiger charge is -2.20. The molecule has 2 unspecified atom stereocenters. The molecular weight excluding hydrogens is 500 g/mol. The van der Waals surface area contributed by atoms with Crippen molar-refractivity contribution in [2.75, 3.05) is 11.1 Å². The van der Waals surface area contributed by atoms with E-state index in [9.17, 15) is 0 Å². The number of nitrogens with one attached hydrogen (secondary N) is 1. The van der Waals surface area contributed by atoms with Crippen molar-refractivity contribution in [2.45, 2.75) is 74.1 Å². The first-order chi connectivity index (χ1) is 18.5. The van der Waals surface area contributed by atoms with Gasteiger partial charge in [-0.1, -0.05) is 80.8 Å². The molecule has 3 N–H and O–H groups in total. The van der Waals surface area contributed by atoms with Crippen LogP contribution < -0.4 is 11.1 Å². The third kappa shape index (κ3) is 6.12. The Labute approximate surface area is 238 Å². The van der Waals surface area contributed by atoms with Crippen LogP contribution in [0, 0.1) is 19.8 Å². The molecule has 39 heavy (non-hydrogen) atoms. The molecule has 2 atom stereocenters. The van der Waals surface area contributed by atoms with Crippen LogP contribution in [0.5, 0.6) is 0 Å².